The van der Waals surface area contributed by atoms with E-state index < -0.39 is 17.4 Å². The minimum atomic E-state index is -1.30. The van der Waals surface area contributed by atoms with Crippen molar-refractivity contribution < 1.29 is 24.5 Å². The van der Waals surface area contributed by atoms with Gasteiger partial charge in [-0.25, -0.2) is 4.79 Å². The van der Waals surface area contributed by atoms with Crippen LogP contribution in [0.3, 0.4) is 0 Å². The standard InChI is InChI=1S/C16H20O5/c1-3-20-14(17)8-4-5-9-13-12-7-10(15(13,2)18)11(6-8)16(9,19)21-12/h4-6,9-13,18-19H,3,7H2,1-2H3/t9-,10+,11+,12+,13+,15?,16?/m0/s1. The summed E-state index contributed by atoms with van der Waals surface area (Å²) in [5.74, 6) is -2.57. The summed E-state index contributed by atoms with van der Waals surface area (Å²) in [6, 6.07) is 0. The van der Waals surface area contributed by atoms with Crippen LogP contribution in [0.1, 0.15) is 20.3 Å². The van der Waals surface area contributed by atoms with Crippen molar-refractivity contribution in [2.75, 3.05) is 6.61 Å². The first-order valence-electron chi connectivity index (χ1n) is 7.59. The maximum atomic E-state index is 12.0. The van der Waals surface area contributed by atoms with Crippen LogP contribution in [-0.2, 0) is 14.3 Å². The first-order chi connectivity index (χ1) is 9.89. The zero-order chi connectivity index (χ0) is 15.0. The van der Waals surface area contributed by atoms with Crippen molar-refractivity contribution in [3.63, 3.8) is 0 Å². The lowest BCUT2D eigenvalue weighted by Gasteiger charge is -2.49. The molecule has 0 aromatic heterocycles. The van der Waals surface area contributed by atoms with Gasteiger partial charge in [-0.2, -0.15) is 0 Å². The van der Waals surface area contributed by atoms with Gasteiger partial charge in [0.25, 0.3) is 0 Å². The lowest BCUT2D eigenvalue weighted by molar-refractivity contribution is -0.276. The molecule has 0 aromatic rings. The molecular formula is C16H20O5. The molecule has 2 heterocycles. The van der Waals surface area contributed by atoms with Crippen LogP contribution in [0.15, 0.2) is 23.8 Å². The molecule has 0 spiro atoms. The summed E-state index contributed by atoms with van der Waals surface area (Å²) in [7, 11) is 0. The summed E-state index contributed by atoms with van der Waals surface area (Å²) < 4.78 is 10.9. The van der Waals surface area contributed by atoms with Gasteiger partial charge in [-0.05, 0) is 20.3 Å². The van der Waals surface area contributed by atoms with Gasteiger partial charge >= 0.3 is 5.97 Å². The lowest BCUT2D eigenvalue weighted by Crippen LogP contribution is -2.58. The molecule has 2 N–H and O–H groups in total. The van der Waals surface area contributed by atoms with Crippen LogP contribution in [0.25, 0.3) is 0 Å². The van der Waals surface area contributed by atoms with Gasteiger partial charge < -0.3 is 19.7 Å². The number of hydrogen-bond donors (Lipinski definition) is 2. The Labute approximate surface area is 123 Å². The predicted octanol–water partition coefficient (Wildman–Crippen LogP) is 0.766. The van der Waals surface area contributed by atoms with Crippen LogP contribution in [0, 0.1) is 23.7 Å². The second kappa shape index (κ2) is 3.97. The van der Waals surface area contributed by atoms with E-state index in [0.29, 0.717) is 12.2 Å². The summed E-state index contributed by atoms with van der Waals surface area (Å²) in [5, 5.41) is 21.8. The Morgan fingerprint density at radius 3 is 2.95 bits per heavy atom. The van der Waals surface area contributed by atoms with Crippen LogP contribution in [0.2, 0.25) is 0 Å². The van der Waals surface area contributed by atoms with E-state index in [1.807, 2.05) is 13.0 Å². The topological polar surface area (TPSA) is 76.0 Å². The highest BCUT2D eigenvalue weighted by molar-refractivity contribution is 5.91. The first-order valence-corrected chi connectivity index (χ1v) is 7.59. The summed E-state index contributed by atoms with van der Waals surface area (Å²) in [6.45, 7) is 3.90. The molecule has 21 heavy (non-hydrogen) atoms. The molecule has 0 radical (unpaired) electrons. The molecule has 6 bridgehead atoms. The monoisotopic (exact) mass is 292 g/mol. The number of rotatable bonds is 2. The van der Waals surface area contributed by atoms with Gasteiger partial charge in [0, 0.05) is 23.7 Å². The molecule has 4 fully saturated rings. The van der Waals surface area contributed by atoms with Crippen LogP contribution in [0.4, 0.5) is 0 Å². The zero-order valence-corrected chi connectivity index (χ0v) is 12.2. The Kier molecular flexibility index (Phi) is 2.55. The van der Waals surface area contributed by atoms with Gasteiger partial charge in [0.15, 0.2) is 5.79 Å². The predicted molar refractivity (Wildman–Crippen MR) is 72.9 cm³/mol. The average molecular weight is 292 g/mol. The number of esters is 1. The fourth-order valence-corrected chi connectivity index (χ4v) is 4.95. The van der Waals surface area contributed by atoms with Crippen molar-refractivity contribution in [2.45, 2.75) is 37.8 Å². The highest BCUT2D eigenvalue weighted by Crippen LogP contribution is 2.66. The SMILES string of the molecule is CCOC(=O)C1=C[C@@H]2[C@H]3C[C@H]4OC2(O)[C@@H](C=C1)[C@H]4C3(C)O. The normalized spacial score (nSPS) is 52.8. The summed E-state index contributed by atoms with van der Waals surface area (Å²) in [6.07, 6.45) is 5.87. The van der Waals surface area contributed by atoms with Crippen LogP contribution >= 0.6 is 0 Å². The van der Waals surface area contributed by atoms with Crippen molar-refractivity contribution in [3.8, 4) is 0 Å². The van der Waals surface area contributed by atoms with E-state index in [1.54, 1.807) is 19.1 Å². The van der Waals surface area contributed by atoms with E-state index in [1.165, 1.54) is 0 Å². The molecule has 5 rings (SSSR count). The molecule has 5 aliphatic rings. The molecule has 5 heteroatoms. The van der Waals surface area contributed by atoms with Gasteiger partial charge in [0.1, 0.15) is 0 Å². The largest absolute Gasteiger partial charge is 0.462 e. The van der Waals surface area contributed by atoms with E-state index in [2.05, 4.69) is 0 Å². The molecule has 5 nitrogen and oxygen atoms in total. The highest BCUT2D eigenvalue weighted by Gasteiger charge is 2.74. The van der Waals surface area contributed by atoms with Gasteiger partial charge in [0.05, 0.1) is 23.9 Å². The smallest absolute Gasteiger partial charge is 0.337 e. The fraction of sp³-hybridized carbons (Fsp3) is 0.688. The molecule has 2 saturated heterocycles. The second-order valence-corrected chi connectivity index (χ2v) is 6.76. The highest BCUT2D eigenvalue weighted by atomic mass is 16.6. The van der Waals surface area contributed by atoms with Crippen molar-refractivity contribution in [2.24, 2.45) is 23.7 Å². The Morgan fingerprint density at radius 2 is 2.24 bits per heavy atom. The van der Waals surface area contributed by atoms with Crippen molar-refractivity contribution in [1.82, 2.24) is 0 Å². The third kappa shape index (κ3) is 1.49. The van der Waals surface area contributed by atoms with Gasteiger partial charge in [0.2, 0.25) is 0 Å². The first kappa shape index (κ1) is 13.5. The van der Waals surface area contributed by atoms with Crippen molar-refractivity contribution >= 4 is 5.97 Å². The molecule has 2 saturated carbocycles. The number of ether oxygens (including phenoxy) is 2. The van der Waals surface area contributed by atoms with Crippen molar-refractivity contribution in [1.29, 1.82) is 0 Å². The van der Waals surface area contributed by atoms with Gasteiger partial charge in [-0.15, -0.1) is 0 Å². The van der Waals surface area contributed by atoms with E-state index >= 15 is 0 Å². The molecular weight excluding hydrogens is 272 g/mol. The molecule has 0 aromatic carbocycles. The minimum absolute atomic E-state index is 0.0909. The Hall–Kier alpha value is -1.17. The van der Waals surface area contributed by atoms with Crippen LogP contribution < -0.4 is 0 Å². The molecule has 2 unspecified atom stereocenters. The van der Waals surface area contributed by atoms with Gasteiger partial charge in [-0.3, -0.25) is 0 Å². The number of aliphatic hydroxyl groups is 2. The Morgan fingerprint density at radius 1 is 1.48 bits per heavy atom. The van der Waals surface area contributed by atoms with Crippen LogP contribution in [-0.4, -0.2) is 40.3 Å². The number of carbonyl (C=O) groups is 1. The summed E-state index contributed by atoms with van der Waals surface area (Å²) >= 11 is 0. The fourth-order valence-electron chi connectivity index (χ4n) is 4.95. The van der Waals surface area contributed by atoms with Gasteiger partial charge in [-0.1, -0.05) is 18.2 Å². The third-order valence-electron chi connectivity index (χ3n) is 5.78. The van der Waals surface area contributed by atoms with E-state index in [0.717, 1.165) is 6.42 Å². The minimum Gasteiger partial charge on any atom is -0.462 e. The molecule has 7 atom stereocenters. The summed E-state index contributed by atoms with van der Waals surface area (Å²) in [5.41, 5.74) is -0.443. The molecule has 2 aliphatic heterocycles. The maximum Gasteiger partial charge on any atom is 0.337 e. The summed E-state index contributed by atoms with van der Waals surface area (Å²) in [4.78, 5) is 12.0. The maximum absolute atomic E-state index is 12.0. The number of carbonyl (C=O) groups excluding carboxylic acids is 1. The molecule has 114 valence electrons. The van der Waals surface area contributed by atoms with E-state index in [9.17, 15) is 15.0 Å². The second-order valence-electron chi connectivity index (χ2n) is 6.76. The average Bonchev–Trinajstić information content (AvgIpc) is 2.72. The van der Waals surface area contributed by atoms with Crippen molar-refractivity contribution in [3.05, 3.63) is 23.8 Å². The van der Waals surface area contributed by atoms with E-state index in [4.69, 9.17) is 9.47 Å². The lowest BCUT2D eigenvalue weighted by atomic mass is 9.62. The molecule has 3 aliphatic carbocycles. The van der Waals surface area contributed by atoms with Crippen LogP contribution in [0.5, 0.6) is 0 Å². The quantitative estimate of drug-likeness (QED) is 0.735. The zero-order valence-electron chi connectivity index (χ0n) is 12.2. The molecule has 0 amide bonds. The third-order valence-corrected chi connectivity index (χ3v) is 5.78. The Bertz CT molecular complexity index is 563. The van der Waals surface area contributed by atoms with E-state index in [-0.39, 0.29) is 29.8 Å². The number of hydrogen-bond acceptors (Lipinski definition) is 5. The Balaban J connectivity index is 1.81.